The van der Waals surface area contributed by atoms with E-state index in [2.05, 4.69) is 39.5 Å². The van der Waals surface area contributed by atoms with E-state index < -0.39 is 0 Å². The normalized spacial score (nSPS) is 14.8. The standard InChI is InChI=1S/C23H30ClN3O2.HI/c1-25-23(27(2)16-19-7-9-21(24)10-8-19)26-15-18-3-5-20(6-4-18)17-29-22-11-13-28-14-12-22;/h3-10,22H,11-17H2,1-2H3,(H,25,26);1H. The predicted molar refractivity (Wildman–Crippen MR) is 134 cm³/mol. The van der Waals surface area contributed by atoms with Crippen LogP contribution in [0.25, 0.3) is 0 Å². The van der Waals surface area contributed by atoms with Crippen LogP contribution in [0.15, 0.2) is 53.5 Å². The Kier molecular flexibility index (Phi) is 10.9. The second-order valence-corrected chi connectivity index (χ2v) is 7.76. The minimum absolute atomic E-state index is 0. The summed E-state index contributed by atoms with van der Waals surface area (Å²) < 4.78 is 11.4. The van der Waals surface area contributed by atoms with E-state index in [0.717, 1.165) is 50.1 Å². The molecule has 1 saturated heterocycles. The minimum atomic E-state index is 0. The molecule has 0 saturated carbocycles. The lowest BCUT2D eigenvalue weighted by molar-refractivity contribution is -0.0390. The smallest absolute Gasteiger partial charge is 0.193 e. The van der Waals surface area contributed by atoms with E-state index in [1.165, 1.54) is 16.7 Å². The lowest BCUT2D eigenvalue weighted by Gasteiger charge is -2.23. The van der Waals surface area contributed by atoms with Crippen LogP contribution in [-0.2, 0) is 29.2 Å². The number of guanidine groups is 1. The summed E-state index contributed by atoms with van der Waals surface area (Å²) in [5.41, 5.74) is 3.60. The van der Waals surface area contributed by atoms with Gasteiger partial charge in [0.15, 0.2) is 5.96 Å². The zero-order valence-electron chi connectivity index (χ0n) is 17.6. The monoisotopic (exact) mass is 543 g/mol. The Morgan fingerprint density at radius 3 is 2.30 bits per heavy atom. The molecule has 7 heteroatoms. The SMILES string of the molecule is CN=C(NCc1ccc(COC2CCOCC2)cc1)N(C)Cc1ccc(Cl)cc1.I. The molecule has 3 rings (SSSR count). The maximum absolute atomic E-state index is 5.99. The van der Waals surface area contributed by atoms with E-state index in [9.17, 15) is 0 Å². The quantitative estimate of drug-likeness (QED) is 0.308. The molecule has 0 amide bonds. The van der Waals surface area contributed by atoms with Crippen molar-refractivity contribution < 1.29 is 9.47 Å². The van der Waals surface area contributed by atoms with Gasteiger partial charge in [-0.1, -0.05) is 48.0 Å². The first-order chi connectivity index (χ1) is 14.1. The molecule has 2 aromatic carbocycles. The molecule has 1 aliphatic heterocycles. The van der Waals surface area contributed by atoms with Crippen LogP contribution in [0.3, 0.4) is 0 Å². The lowest BCUT2D eigenvalue weighted by atomic mass is 10.1. The highest BCUT2D eigenvalue weighted by Gasteiger charge is 2.14. The van der Waals surface area contributed by atoms with Crippen LogP contribution in [0.1, 0.15) is 29.5 Å². The van der Waals surface area contributed by atoms with Gasteiger partial charge >= 0.3 is 0 Å². The second kappa shape index (κ2) is 13.1. The van der Waals surface area contributed by atoms with Gasteiger partial charge in [0.05, 0.1) is 12.7 Å². The predicted octanol–water partition coefficient (Wildman–Crippen LogP) is 4.86. The number of nitrogens with one attached hydrogen (secondary N) is 1. The maximum Gasteiger partial charge on any atom is 0.193 e. The molecule has 0 aliphatic carbocycles. The average Bonchev–Trinajstić information content (AvgIpc) is 2.76. The van der Waals surface area contributed by atoms with Crippen molar-refractivity contribution in [3.05, 3.63) is 70.2 Å². The van der Waals surface area contributed by atoms with Gasteiger partial charge in [-0.25, -0.2) is 0 Å². The summed E-state index contributed by atoms with van der Waals surface area (Å²) >= 11 is 5.96. The van der Waals surface area contributed by atoms with E-state index in [1.807, 2.05) is 31.3 Å². The first-order valence-electron chi connectivity index (χ1n) is 10.1. The van der Waals surface area contributed by atoms with Gasteiger partial charge in [0.2, 0.25) is 0 Å². The number of ether oxygens (including phenoxy) is 2. The molecule has 0 aromatic heterocycles. The van der Waals surface area contributed by atoms with Gasteiger partial charge in [0.25, 0.3) is 0 Å². The average molecular weight is 544 g/mol. The fourth-order valence-electron chi connectivity index (χ4n) is 3.31. The van der Waals surface area contributed by atoms with Crippen molar-refractivity contribution in [2.45, 2.75) is 38.6 Å². The number of aliphatic imine (C=N–C) groups is 1. The van der Waals surface area contributed by atoms with Gasteiger partial charge < -0.3 is 19.7 Å². The summed E-state index contributed by atoms with van der Waals surface area (Å²) in [6, 6.07) is 16.4. The summed E-state index contributed by atoms with van der Waals surface area (Å²) in [5, 5.41) is 4.18. The zero-order valence-corrected chi connectivity index (χ0v) is 20.7. The Bertz CT molecular complexity index is 778. The van der Waals surface area contributed by atoms with Crippen LogP contribution < -0.4 is 5.32 Å². The molecule has 5 nitrogen and oxygen atoms in total. The maximum atomic E-state index is 5.99. The first-order valence-corrected chi connectivity index (χ1v) is 10.4. The molecular weight excluding hydrogens is 513 g/mol. The van der Waals surface area contributed by atoms with Crippen molar-refractivity contribution in [2.24, 2.45) is 4.99 Å². The number of nitrogens with zero attached hydrogens (tertiary/aromatic N) is 2. The van der Waals surface area contributed by atoms with Crippen molar-refractivity contribution in [2.75, 3.05) is 27.3 Å². The lowest BCUT2D eigenvalue weighted by Crippen LogP contribution is -2.38. The zero-order chi connectivity index (χ0) is 20.5. The van der Waals surface area contributed by atoms with E-state index in [-0.39, 0.29) is 24.0 Å². The molecule has 30 heavy (non-hydrogen) atoms. The molecule has 2 aromatic rings. The summed E-state index contributed by atoms with van der Waals surface area (Å²) in [6.07, 6.45) is 2.31. The first kappa shape index (κ1) is 24.9. The fraction of sp³-hybridized carbons (Fsp3) is 0.435. The van der Waals surface area contributed by atoms with Crippen LogP contribution in [0.2, 0.25) is 5.02 Å². The Balaban J connectivity index is 0.00000320. The van der Waals surface area contributed by atoms with E-state index in [0.29, 0.717) is 12.7 Å². The van der Waals surface area contributed by atoms with Gasteiger partial charge in [-0.05, 0) is 41.7 Å². The summed E-state index contributed by atoms with van der Waals surface area (Å²) in [5.74, 6) is 0.854. The van der Waals surface area contributed by atoms with E-state index >= 15 is 0 Å². The molecule has 0 unspecified atom stereocenters. The van der Waals surface area contributed by atoms with Crippen molar-refractivity contribution in [3.63, 3.8) is 0 Å². The highest BCUT2D eigenvalue weighted by Crippen LogP contribution is 2.14. The molecule has 1 heterocycles. The number of halogens is 2. The van der Waals surface area contributed by atoms with Crippen molar-refractivity contribution in [3.8, 4) is 0 Å². The number of hydrogen-bond acceptors (Lipinski definition) is 3. The van der Waals surface area contributed by atoms with E-state index in [1.54, 1.807) is 7.05 Å². The Hall–Kier alpha value is -1.35. The molecular formula is C23H31ClIN3O2. The van der Waals surface area contributed by atoms with Crippen molar-refractivity contribution in [1.82, 2.24) is 10.2 Å². The van der Waals surface area contributed by atoms with Crippen LogP contribution in [0.4, 0.5) is 0 Å². The Morgan fingerprint density at radius 1 is 1.07 bits per heavy atom. The van der Waals surface area contributed by atoms with Gasteiger partial charge in [-0.15, -0.1) is 24.0 Å². The van der Waals surface area contributed by atoms with Crippen LogP contribution in [0.5, 0.6) is 0 Å². The minimum Gasteiger partial charge on any atom is -0.381 e. The van der Waals surface area contributed by atoms with Crippen LogP contribution in [0, 0.1) is 0 Å². The van der Waals surface area contributed by atoms with E-state index in [4.69, 9.17) is 21.1 Å². The second-order valence-electron chi connectivity index (χ2n) is 7.32. The van der Waals surface area contributed by atoms with Crippen molar-refractivity contribution >= 4 is 41.5 Å². The Labute approximate surface area is 201 Å². The number of benzene rings is 2. The fourth-order valence-corrected chi connectivity index (χ4v) is 3.44. The molecule has 1 N–H and O–H groups in total. The van der Waals surface area contributed by atoms with Crippen molar-refractivity contribution in [1.29, 1.82) is 0 Å². The summed E-state index contributed by atoms with van der Waals surface area (Å²) in [7, 11) is 3.83. The Morgan fingerprint density at radius 2 is 1.67 bits per heavy atom. The molecule has 0 bridgehead atoms. The molecule has 164 valence electrons. The van der Waals surface area contributed by atoms with Crippen LogP contribution >= 0.6 is 35.6 Å². The molecule has 0 atom stereocenters. The van der Waals surface area contributed by atoms with Crippen LogP contribution in [-0.4, -0.2) is 44.3 Å². The third kappa shape index (κ3) is 8.06. The van der Waals surface area contributed by atoms with Gasteiger partial charge in [-0.3, -0.25) is 4.99 Å². The largest absolute Gasteiger partial charge is 0.381 e. The number of hydrogen-bond donors (Lipinski definition) is 1. The third-order valence-electron chi connectivity index (χ3n) is 5.03. The highest BCUT2D eigenvalue weighted by atomic mass is 127. The molecule has 0 radical (unpaired) electrons. The third-order valence-corrected chi connectivity index (χ3v) is 5.29. The highest BCUT2D eigenvalue weighted by molar-refractivity contribution is 14.0. The topological polar surface area (TPSA) is 46.1 Å². The molecule has 1 fully saturated rings. The molecule has 1 aliphatic rings. The molecule has 0 spiro atoms. The van der Waals surface area contributed by atoms with Gasteiger partial charge in [0.1, 0.15) is 0 Å². The summed E-state index contributed by atoms with van der Waals surface area (Å²) in [6.45, 7) is 3.76. The summed E-state index contributed by atoms with van der Waals surface area (Å²) in [4.78, 5) is 6.49. The number of rotatable bonds is 7. The van der Waals surface area contributed by atoms with Gasteiger partial charge in [0, 0.05) is 45.4 Å². The van der Waals surface area contributed by atoms with Gasteiger partial charge in [-0.2, -0.15) is 0 Å².